The van der Waals surface area contributed by atoms with Crippen LogP contribution >= 0.6 is 0 Å². The van der Waals surface area contributed by atoms with Crippen molar-refractivity contribution in [1.29, 1.82) is 0 Å². The highest BCUT2D eigenvalue weighted by molar-refractivity contribution is 5.88. The first-order valence-electron chi connectivity index (χ1n) is 4.49. The van der Waals surface area contributed by atoms with Gasteiger partial charge in [0.2, 0.25) is 0 Å². The van der Waals surface area contributed by atoms with Crippen molar-refractivity contribution in [2.45, 2.75) is 33.3 Å². The molecule has 0 aromatic rings. The fraction of sp³-hybridized carbons (Fsp3) is 0.700. The highest BCUT2D eigenvalue weighted by Gasteiger charge is 2.11. The zero-order chi connectivity index (χ0) is 10.4. The highest BCUT2D eigenvalue weighted by Crippen LogP contribution is 2.08. The Morgan fingerprint density at radius 2 is 2.00 bits per heavy atom. The standard InChI is InChI=1S/C10H18O3/c1-7(2)9(4)10(12)13-6-5-8(3)11/h7-8,11H,4-6H2,1-3H3. The van der Waals surface area contributed by atoms with E-state index in [0.717, 1.165) is 0 Å². The van der Waals surface area contributed by atoms with Crippen molar-refractivity contribution in [3.8, 4) is 0 Å². The molecule has 3 nitrogen and oxygen atoms in total. The summed E-state index contributed by atoms with van der Waals surface area (Å²) in [6, 6.07) is 0. The molecule has 1 atom stereocenters. The van der Waals surface area contributed by atoms with Crippen LogP contribution in [0.4, 0.5) is 0 Å². The number of carbonyl (C=O) groups is 1. The minimum atomic E-state index is -0.430. The van der Waals surface area contributed by atoms with Crippen LogP contribution in [0.1, 0.15) is 27.2 Å². The van der Waals surface area contributed by atoms with E-state index in [1.165, 1.54) is 0 Å². The van der Waals surface area contributed by atoms with Gasteiger partial charge in [0.25, 0.3) is 0 Å². The lowest BCUT2D eigenvalue weighted by Gasteiger charge is -2.09. The summed E-state index contributed by atoms with van der Waals surface area (Å²) < 4.78 is 4.88. The zero-order valence-electron chi connectivity index (χ0n) is 8.54. The Morgan fingerprint density at radius 1 is 1.46 bits per heavy atom. The molecule has 13 heavy (non-hydrogen) atoms. The molecule has 0 aromatic carbocycles. The third-order valence-corrected chi connectivity index (χ3v) is 1.73. The van der Waals surface area contributed by atoms with Crippen LogP contribution in [0.3, 0.4) is 0 Å². The molecule has 0 saturated heterocycles. The van der Waals surface area contributed by atoms with E-state index >= 15 is 0 Å². The molecule has 0 aliphatic rings. The van der Waals surface area contributed by atoms with Crippen molar-refractivity contribution in [3.05, 3.63) is 12.2 Å². The Kier molecular flexibility index (Phi) is 5.39. The Morgan fingerprint density at radius 3 is 2.38 bits per heavy atom. The maximum absolute atomic E-state index is 11.2. The molecule has 0 rings (SSSR count). The van der Waals surface area contributed by atoms with E-state index in [2.05, 4.69) is 6.58 Å². The van der Waals surface area contributed by atoms with Crippen molar-refractivity contribution in [2.24, 2.45) is 5.92 Å². The average Bonchev–Trinajstić information content (AvgIpc) is 2.02. The van der Waals surface area contributed by atoms with Gasteiger partial charge in [-0.05, 0) is 12.8 Å². The highest BCUT2D eigenvalue weighted by atomic mass is 16.5. The average molecular weight is 186 g/mol. The normalized spacial score (nSPS) is 12.7. The predicted octanol–water partition coefficient (Wildman–Crippen LogP) is 1.51. The maximum atomic E-state index is 11.2. The third kappa shape index (κ3) is 5.42. The van der Waals surface area contributed by atoms with E-state index in [0.29, 0.717) is 12.0 Å². The van der Waals surface area contributed by atoms with Gasteiger partial charge in [0.05, 0.1) is 12.7 Å². The number of rotatable bonds is 5. The minimum absolute atomic E-state index is 0.110. The molecule has 0 aliphatic heterocycles. The van der Waals surface area contributed by atoms with Crippen LogP contribution in [0.5, 0.6) is 0 Å². The van der Waals surface area contributed by atoms with E-state index in [1.807, 2.05) is 13.8 Å². The molecule has 1 unspecified atom stereocenters. The topological polar surface area (TPSA) is 46.5 Å². The van der Waals surface area contributed by atoms with Crippen molar-refractivity contribution in [3.63, 3.8) is 0 Å². The van der Waals surface area contributed by atoms with E-state index in [9.17, 15) is 4.79 Å². The first-order valence-corrected chi connectivity index (χ1v) is 4.49. The number of aliphatic hydroxyl groups excluding tert-OH is 1. The summed E-state index contributed by atoms with van der Waals surface area (Å²) in [5.41, 5.74) is 0.477. The van der Waals surface area contributed by atoms with Crippen molar-refractivity contribution >= 4 is 5.97 Å². The van der Waals surface area contributed by atoms with Crippen LogP contribution in [0.15, 0.2) is 12.2 Å². The van der Waals surface area contributed by atoms with E-state index in [1.54, 1.807) is 6.92 Å². The van der Waals surface area contributed by atoms with Crippen LogP contribution in [-0.2, 0) is 9.53 Å². The van der Waals surface area contributed by atoms with Crippen molar-refractivity contribution in [1.82, 2.24) is 0 Å². The Hall–Kier alpha value is -0.830. The number of hydrogen-bond donors (Lipinski definition) is 1. The number of aliphatic hydroxyl groups is 1. The second kappa shape index (κ2) is 5.75. The van der Waals surface area contributed by atoms with Gasteiger partial charge in [-0.3, -0.25) is 0 Å². The molecule has 0 amide bonds. The Bertz CT molecular complexity index is 183. The Labute approximate surface area is 79.4 Å². The molecule has 0 bridgehead atoms. The monoisotopic (exact) mass is 186 g/mol. The number of carbonyl (C=O) groups excluding carboxylic acids is 1. The molecular formula is C10H18O3. The summed E-state index contributed by atoms with van der Waals surface area (Å²) in [5, 5.41) is 8.90. The number of ether oxygens (including phenoxy) is 1. The Balaban J connectivity index is 3.69. The summed E-state index contributed by atoms with van der Waals surface area (Å²) >= 11 is 0. The van der Waals surface area contributed by atoms with Gasteiger partial charge in [-0.25, -0.2) is 4.79 Å². The molecule has 0 aliphatic carbocycles. The molecule has 0 saturated carbocycles. The summed E-state index contributed by atoms with van der Waals surface area (Å²) in [4.78, 5) is 11.2. The fourth-order valence-electron chi connectivity index (χ4n) is 0.651. The van der Waals surface area contributed by atoms with Crippen molar-refractivity contribution < 1.29 is 14.6 Å². The van der Waals surface area contributed by atoms with Crippen LogP contribution in [0.2, 0.25) is 0 Å². The van der Waals surface area contributed by atoms with Crippen LogP contribution in [0.25, 0.3) is 0 Å². The molecule has 76 valence electrons. The third-order valence-electron chi connectivity index (χ3n) is 1.73. The second-order valence-corrected chi connectivity index (χ2v) is 3.45. The van der Waals surface area contributed by atoms with Gasteiger partial charge in [0, 0.05) is 12.0 Å². The minimum Gasteiger partial charge on any atom is -0.462 e. The molecule has 0 spiro atoms. The molecule has 0 radical (unpaired) electrons. The van der Waals surface area contributed by atoms with E-state index < -0.39 is 6.10 Å². The SMILES string of the molecule is C=C(C(=O)OCCC(C)O)C(C)C. The fourth-order valence-corrected chi connectivity index (χ4v) is 0.651. The predicted molar refractivity (Wildman–Crippen MR) is 51.2 cm³/mol. The first-order chi connectivity index (χ1) is 5.95. The lowest BCUT2D eigenvalue weighted by atomic mass is 10.1. The van der Waals surface area contributed by atoms with Gasteiger partial charge in [-0.2, -0.15) is 0 Å². The van der Waals surface area contributed by atoms with Gasteiger partial charge in [-0.15, -0.1) is 0 Å². The molecule has 1 N–H and O–H groups in total. The van der Waals surface area contributed by atoms with E-state index in [4.69, 9.17) is 9.84 Å². The summed E-state index contributed by atoms with van der Waals surface area (Å²) in [5.74, 6) is -0.255. The summed E-state index contributed by atoms with van der Waals surface area (Å²) in [6.07, 6.45) is 0.0389. The number of esters is 1. The van der Waals surface area contributed by atoms with E-state index in [-0.39, 0.29) is 18.5 Å². The van der Waals surface area contributed by atoms with Gasteiger partial charge in [0.1, 0.15) is 0 Å². The smallest absolute Gasteiger partial charge is 0.333 e. The zero-order valence-corrected chi connectivity index (χ0v) is 8.54. The summed E-state index contributed by atoms with van der Waals surface area (Å²) in [6.45, 7) is 9.30. The lowest BCUT2D eigenvalue weighted by Crippen LogP contribution is -2.14. The van der Waals surface area contributed by atoms with Gasteiger partial charge < -0.3 is 9.84 Å². The lowest BCUT2D eigenvalue weighted by molar-refractivity contribution is -0.140. The van der Waals surface area contributed by atoms with Crippen LogP contribution in [0, 0.1) is 5.92 Å². The molecule has 0 fully saturated rings. The quantitative estimate of drug-likeness (QED) is 0.523. The second-order valence-electron chi connectivity index (χ2n) is 3.45. The largest absolute Gasteiger partial charge is 0.462 e. The maximum Gasteiger partial charge on any atom is 0.333 e. The van der Waals surface area contributed by atoms with Gasteiger partial charge in [-0.1, -0.05) is 20.4 Å². The number of hydrogen-bond acceptors (Lipinski definition) is 3. The first kappa shape index (κ1) is 12.2. The molecule has 0 heterocycles. The molecule has 3 heteroatoms. The van der Waals surface area contributed by atoms with Gasteiger partial charge >= 0.3 is 5.97 Å². The van der Waals surface area contributed by atoms with Crippen LogP contribution in [-0.4, -0.2) is 23.8 Å². The molecule has 0 aromatic heterocycles. The van der Waals surface area contributed by atoms with Crippen LogP contribution < -0.4 is 0 Å². The van der Waals surface area contributed by atoms with Crippen molar-refractivity contribution in [2.75, 3.05) is 6.61 Å². The van der Waals surface area contributed by atoms with Gasteiger partial charge in [0.15, 0.2) is 0 Å². The summed E-state index contributed by atoms with van der Waals surface area (Å²) in [7, 11) is 0. The molecular weight excluding hydrogens is 168 g/mol.